The Kier molecular flexibility index (Phi) is 6.74. The van der Waals surface area contributed by atoms with E-state index in [-0.39, 0.29) is 30.5 Å². The second-order valence-corrected chi connectivity index (χ2v) is 6.31. The van der Waals surface area contributed by atoms with Gasteiger partial charge in [-0.25, -0.2) is 14.0 Å². The molecule has 1 heterocycles. The Hall–Kier alpha value is -2.41. The van der Waals surface area contributed by atoms with E-state index in [0.717, 1.165) is 5.56 Å². The number of ether oxygens (including phenoxy) is 1. The molecule has 1 aromatic rings. The zero-order valence-corrected chi connectivity index (χ0v) is 15.6. The van der Waals surface area contributed by atoms with Gasteiger partial charge in [0.25, 0.3) is 0 Å². The summed E-state index contributed by atoms with van der Waals surface area (Å²) in [6.07, 6.45) is 0.586. The van der Waals surface area contributed by atoms with Gasteiger partial charge in [0.2, 0.25) is 0 Å². The lowest BCUT2D eigenvalue weighted by atomic mass is 9.99. The van der Waals surface area contributed by atoms with Crippen LogP contribution in [-0.2, 0) is 9.53 Å². The maximum absolute atomic E-state index is 13.1. The molecule has 1 aliphatic rings. The number of urea groups is 1. The van der Waals surface area contributed by atoms with E-state index < -0.39 is 5.97 Å². The fraction of sp³-hybridized carbons (Fsp3) is 0.474. The normalized spacial score (nSPS) is 18.4. The van der Waals surface area contributed by atoms with Crippen molar-refractivity contribution >= 4 is 12.0 Å². The van der Waals surface area contributed by atoms with Gasteiger partial charge < -0.3 is 15.4 Å². The average molecular weight is 363 g/mol. The molecule has 26 heavy (non-hydrogen) atoms. The second-order valence-electron chi connectivity index (χ2n) is 6.31. The van der Waals surface area contributed by atoms with Crippen LogP contribution in [0.15, 0.2) is 35.5 Å². The van der Waals surface area contributed by atoms with Crippen molar-refractivity contribution in [3.63, 3.8) is 0 Å². The van der Waals surface area contributed by atoms with E-state index in [0.29, 0.717) is 24.2 Å². The van der Waals surface area contributed by atoms with E-state index in [9.17, 15) is 14.0 Å². The molecule has 0 radical (unpaired) electrons. The van der Waals surface area contributed by atoms with E-state index in [1.54, 1.807) is 19.1 Å². The molecule has 0 fully saturated rings. The number of benzene rings is 1. The lowest BCUT2D eigenvalue weighted by molar-refractivity contribution is -0.139. The molecule has 0 saturated carbocycles. The predicted octanol–water partition coefficient (Wildman–Crippen LogP) is 2.73. The van der Waals surface area contributed by atoms with Crippen LogP contribution in [-0.4, -0.2) is 43.1 Å². The lowest BCUT2D eigenvalue weighted by Gasteiger charge is -2.32. The second kappa shape index (κ2) is 8.80. The summed E-state index contributed by atoms with van der Waals surface area (Å²) in [5.74, 6) is -0.711. The Bertz CT molecular complexity index is 688. The third-order valence-corrected chi connectivity index (χ3v) is 4.57. The van der Waals surface area contributed by atoms with Crippen LogP contribution < -0.4 is 10.6 Å². The van der Waals surface area contributed by atoms with Crippen LogP contribution in [0.1, 0.15) is 38.8 Å². The number of amides is 2. The average Bonchev–Trinajstić information content (AvgIpc) is 2.61. The molecular formula is C19H26FN3O3. The summed E-state index contributed by atoms with van der Waals surface area (Å²) in [6, 6.07) is 5.55. The highest BCUT2D eigenvalue weighted by atomic mass is 19.1. The minimum Gasteiger partial charge on any atom is -0.463 e. The van der Waals surface area contributed by atoms with E-state index in [4.69, 9.17) is 4.74 Å². The van der Waals surface area contributed by atoms with Crippen LogP contribution in [0.3, 0.4) is 0 Å². The van der Waals surface area contributed by atoms with Gasteiger partial charge in [0, 0.05) is 18.3 Å². The summed E-state index contributed by atoms with van der Waals surface area (Å²) in [4.78, 5) is 26.4. The van der Waals surface area contributed by atoms with Gasteiger partial charge in [-0.1, -0.05) is 19.1 Å². The standard InChI is InChI=1S/C19H26FN3O3/c1-5-15-17(18(24)26-6-2)16(22-19(25)21-15)11-23(4)12(3)13-7-9-14(20)10-8-13/h7-10,12,15H,5-6,11H2,1-4H3,(H2,21,22,25). The molecule has 2 unspecified atom stereocenters. The summed E-state index contributed by atoms with van der Waals surface area (Å²) >= 11 is 0. The highest BCUT2D eigenvalue weighted by Gasteiger charge is 2.32. The number of hydrogen-bond donors (Lipinski definition) is 2. The van der Waals surface area contributed by atoms with E-state index in [1.807, 2.05) is 25.8 Å². The van der Waals surface area contributed by atoms with Gasteiger partial charge in [-0.15, -0.1) is 0 Å². The molecule has 0 spiro atoms. The minimum atomic E-state index is -0.426. The van der Waals surface area contributed by atoms with Crippen molar-refractivity contribution in [1.29, 1.82) is 0 Å². The molecule has 2 N–H and O–H groups in total. The van der Waals surface area contributed by atoms with Crippen LogP contribution in [0.2, 0.25) is 0 Å². The topological polar surface area (TPSA) is 70.7 Å². The Morgan fingerprint density at radius 1 is 1.31 bits per heavy atom. The molecule has 0 bridgehead atoms. The first kappa shape index (κ1) is 19.9. The number of esters is 1. The molecule has 0 aromatic heterocycles. The van der Waals surface area contributed by atoms with Crippen LogP contribution in [0.5, 0.6) is 0 Å². The SMILES string of the molecule is CCOC(=O)C1=C(CN(C)C(C)c2ccc(F)cc2)NC(=O)NC1CC. The van der Waals surface area contributed by atoms with Crippen LogP contribution in [0, 0.1) is 5.82 Å². The Morgan fingerprint density at radius 3 is 2.54 bits per heavy atom. The molecule has 2 rings (SSSR count). The molecule has 2 amide bonds. The number of halogens is 1. The molecular weight excluding hydrogens is 337 g/mol. The van der Waals surface area contributed by atoms with Crippen molar-refractivity contribution in [2.75, 3.05) is 20.2 Å². The largest absolute Gasteiger partial charge is 0.463 e. The Morgan fingerprint density at radius 2 is 1.96 bits per heavy atom. The van der Waals surface area contributed by atoms with E-state index in [1.165, 1.54) is 12.1 Å². The zero-order valence-electron chi connectivity index (χ0n) is 15.6. The highest BCUT2D eigenvalue weighted by molar-refractivity contribution is 5.94. The summed E-state index contributed by atoms with van der Waals surface area (Å²) in [7, 11) is 1.89. The van der Waals surface area contributed by atoms with Crippen molar-refractivity contribution in [2.45, 2.75) is 39.3 Å². The maximum atomic E-state index is 13.1. The van der Waals surface area contributed by atoms with Crippen LogP contribution in [0.25, 0.3) is 0 Å². The molecule has 0 saturated heterocycles. The minimum absolute atomic E-state index is 0.0293. The van der Waals surface area contributed by atoms with Crippen LogP contribution in [0.4, 0.5) is 9.18 Å². The van der Waals surface area contributed by atoms with Gasteiger partial charge in [-0.05, 0) is 45.0 Å². The Balaban J connectivity index is 2.27. The quantitative estimate of drug-likeness (QED) is 0.731. The summed E-state index contributed by atoms with van der Waals surface area (Å²) < 4.78 is 18.3. The first-order chi connectivity index (χ1) is 12.4. The highest BCUT2D eigenvalue weighted by Crippen LogP contribution is 2.23. The summed E-state index contributed by atoms with van der Waals surface area (Å²) in [6.45, 7) is 6.26. The van der Waals surface area contributed by atoms with Gasteiger partial charge in [-0.2, -0.15) is 0 Å². The number of carbonyl (C=O) groups is 2. The number of carbonyl (C=O) groups excluding carboxylic acids is 2. The number of hydrogen-bond acceptors (Lipinski definition) is 4. The molecule has 7 heteroatoms. The molecule has 1 aliphatic heterocycles. The zero-order chi connectivity index (χ0) is 19.3. The number of nitrogens with one attached hydrogen (secondary N) is 2. The molecule has 142 valence electrons. The van der Waals surface area contributed by atoms with Crippen molar-refractivity contribution in [3.8, 4) is 0 Å². The van der Waals surface area contributed by atoms with Crippen molar-refractivity contribution in [1.82, 2.24) is 15.5 Å². The lowest BCUT2D eigenvalue weighted by Crippen LogP contribution is -2.52. The monoisotopic (exact) mass is 363 g/mol. The predicted molar refractivity (Wildman–Crippen MR) is 96.9 cm³/mol. The molecule has 6 nitrogen and oxygen atoms in total. The number of likely N-dealkylation sites (N-methyl/N-ethyl adjacent to an activating group) is 1. The third-order valence-electron chi connectivity index (χ3n) is 4.57. The van der Waals surface area contributed by atoms with Crippen molar-refractivity contribution in [2.24, 2.45) is 0 Å². The van der Waals surface area contributed by atoms with E-state index in [2.05, 4.69) is 10.6 Å². The Labute approximate surface area is 153 Å². The molecule has 0 aliphatic carbocycles. The first-order valence-electron chi connectivity index (χ1n) is 8.80. The first-order valence-corrected chi connectivity index (χ1v) is 8.80. The van der Waals surface area contributed by atoms with Gasteiger partial charge in [-0.3, -0.25) is 4.90 Å². The molecule has 1 aromatic carbocycles. The fourth-order valence-electron chi connectivity index (χ4n) is 2.97. The smallest absolute Gasteiger partial charge is 0.337 e. The maximum Gasteiger partial charge on any atom is 0.337 e. The van der Waals surface area contributed by atoms with Gasteiger partial charge >= 0.3 is 12.0 Å². The van der Waals surface area contributed by atoms with Gasteiger partial charge in [0.05, 0.1) is 18.2 Å². The summed E-state index contributed by atoms with van der Waals surface area (Å²) in [5, 5.41) is 5.50. The number of rotatable bonds is 7. The number of nitrogens with zero attached hydrogens (tertiary/aromatic N) is 1. The van der Waals surface area contributed by atoms with Gasteiger partial charge in [0.15, 0.2) is 0 Å². The molecule has 2 atom stereocenters. The van der Waals surface area contributed by atoms with Gasteiger partial charge in [0.1, 0.15) is 5.82 Å². The third kappa shape index (κ3) is 4.60. The van der Waals surface area contributed by atoms with Crippen molar-refractivity contribution in [3.05, 3.63) is 46.9 Å². The summed E-state index contributed by atoms with van der Waals surface area (Å²) in [5.41, 5.74) is 1.93. The fourth-order valence-corrected chi connectivity index (χ4v) is 2.97. The van der Waals surface area contributed by atoms with Crippen LogP contribution >= 0.6 is 0 Å². The van der Waals surface area contributed by atoms with Crippen molar-refractivity contribution < 1.29 is 18.7 Å². The van der Waals surface area contributed by atoms with E-state index >= 15 is 0 Å².